The van der Waals surface area contributed by atoms with Crippen LogP contribution in [0.4, 0.5) is 0 Å². The summed E-state index contributed by atoms with van der Waals surface area (Å²) >= 11 is 0. The van der Waals surface area contributed by atoms with Crippen molar-refractivity contribution in [1.82, 2.24) is 0 Å². The third kappa shape index (κ3) is 3.97. The minimum atomic E-state index is -0.732. The Hall–Kier alpha value is -1.15. The Morgan fingerprint density at radius 1 is 1.24 bits per heavy atom. The standard InChI is InChI=1S/C15H22O2/c1-5-6-11-17-15(3,4)14(16)13-9-7-12(2)8-10-13/h7-10H,5-6,11H2,1-4H3. The molecular weight excluding hydrogens is 212 g/mol. The minimum absolute atomic E-state index is 0.0496. The minimum Gasteiger partial charge on any atom is -0.367 e. The van der Waals surface area contributed by atoms with Crippen molar-refractivity contribution < 1.29 is 9.53 Å². The maximum absolute atomic E-state index is 12.2. The van der Waals surface area contributed by atoms with E-state index in [2.05, 4.69) is 6.92 Å². The summed E-state index contributed by atoms with van der Waals surface area (Å²) in [5.74, 6) is 0.0496. The summed E-state index contributed by atoms with van der Waals surface area (Å²) in [5.41, 5.74) is 1.15. The average Bonchev–Trinajstić information content (AvgIpc) is 2.29. The molecule has 0 radical (unpaired) electrons. The molecule has 2 nitrogen and oxygen atoms in total. The van der Waals surface area contributed by atoms with Gasteiger partial charge < -0.3 is 4.74 Å². The number of hydrogen-bond donors (Lipinski definition) is 0. The number of hydrogen-bond acceptors (Lipinski definition) is 2. The highest BCUT2D eigenvalue weighted by atomic mass is 16.5. The molecule has 0 spiro atoms. The second-order valence-corrected chi connectivity index (χ2v) is 4.91. The van der Waals surface area contributed by atoms with Crippen LogP contribution in [0.3, 0.4) is 0 Å². The normalized spacial score (nSPS) is 11.5. The van der Waals surface area contributed by atoms with Gasteiger partial charge in [0.25, 0.3) is 0 Å². The van der Waals surface area contributed by atoms with Crippen LogP contribution < -0.4 is 0 Å². The first-order valence-electron chi connectivity index (χ1n) is 6.23. The highest BCUT2D eigenvalue weighted by Gasteiger charge is 2.29. The van der Waals surface area contributed by atoms with E-state index < -0.39 is 5.60 Å². The second kappa shape index (κ2) is 5.97. The zero-order valence-corrected chi connectivity index (χ0v) is 11.2. The van der Waals surface area contributed by atoms with Gasteiger partial charge in [-0.05, 0) is 27.2 Å². The van der Waals surface area contributed by atoms with Crippen molar-refractivity contribution >= 4 is 5.78 Å². The number of benzene rings is 1. The SMILES string of the molecule is CCCCOC(C)(C)C(=O)c1ccc(C)cc1. The molecule has 0 atom stereocenters. The van der Waals surface area contributed by atoms with E-state index in [0.29, 0.717) is 6.61 Å². The van der Waals surface area contributed by atoms with Crippen LogP contribution in [-0.4, -0.2) is 18.0 Å². The number of aryl methyl sites for hydroxylation is 1. The number of carbonyl (C=O) groups is 1. The fraction of sp³-hybridized carbons (Fsp3) is 0.533. The first-order valence-corrected chi connectivity index (χ1v) is 6.23. The van der Waals surface area contributed by atoms with Gasteiger partial charge in [0.1, 0.15) is 5.60 Å². The third-order valence-electron chi connectivity index (χ3n) is 2.82. The van der Waals surface area contributed by atoms with E-state index in [1.807, 2.05) is 45.0 Å². The Balaban J connectivity index is 2.70. The number of carbonyl (C=O) groups excluding carboxylic acids is 1. The maximum atomic E-state index is 12.2. The van der Waals surface area contributed by atoms with Gasteiger partial charge in [-0.3, -0.25) is 4.79 Å². The molecule has 0 aliphatic heterocycles. The summed E-state index contributed by atoms with van der Waals surface area (Å²) in [5, 5.41) is 0. The number of ketones is 1. The van der Waals surface area contributed by atoms with E-state index in [9.17, 15) is 4.79 Å². The molecule has 17 heavy (non-hydrogen) atoms. The number of rotatable bonds is 6. The molecule has 0 bridgehead atoms. The molecule has 94 valence electrons. The molecule has 0 heterocycles. The summed E-state index contributed by atoms with van der Waals surface area (Å²) in [7, 11) is 0. The van der Waals surface area contributed by atoms with Gasteiger partial charge in [0.2, 0.25) is 0 Å². The molecule has 0 aliphatic carbocycles. The second-order valence-electron chi connectivity index (χ2n) is 4.91. The van der Waals surface area contributed by atoms with Gasteiger partial charge >= 0.3 is 0 Å². The van der Waals surface area contributed by atoms with Crippen molar-refractivity contribution in [2.75, 3.05) is 6.61 Å². The summed E-state index contributed by atoms with van der Waals surface area (Å²) in [6, 6.07) is 7.63. The monoisotopic (exact) mass is 234 g/mol. The Morgan fingerprint density at radius 2 is 1.82 bits per heavy atom. The van der Waals surface area contributed by atoms with Gasteiger partial charge in [0.05, 0.1) is 0 Å². The Morgan fingerprint density at radius 3 is 2.35 bits per heavy atom. The van der Waals surface area contributed by atoms with Gasteiger partial charge in [-0.1, -0.05) is 43.2 Å². The van der Waals surface area contributed by atoms with E-state index in [1.54, 1.807) is 0 Å². The van der Waals surface area contributed by atoms with Crippen LogP contribution in [0.2, 0.25) is 0 Å². The van der Waals surface area contributed by atoms with Gasteiger partial charge in [-0.15, -0.1) is 0 Å². The highest BCUT2D eigenvalue weighted by Crippen LogP contribution is 2.18. The molecule has 0 fully saturated rings. The van der Waals surface area contributed by atoms with Crippen LogP contribution >= 0.6 is 0 Å². The van der Waals surface area contributed by atoms with Crippen LogP contribution in [0.1, 0.15) is 49.5 Å². The molecule has 0 N–H and O–H groups in total. The molecule has 0 saturated carbocycles. The molecule has 1 aromatic carbocycles. The molecule has 2 heteroatoms. The van der Waals surface area contributed by atoms with Gasteiger partial charge in [-0.25, -0.2) is 0 Å². The lowest BCUT2D eigenvalue weighted by Crippen LogP contribution is -2.35. The topological polar surface area (TPSA) is 26.3 Å². The Kier molecular flexibility index (Phi) is 4.88. The van der Waals surface area contributed by atoms with Crippen LogP contribution in [0.25, 0.3) is 0 Å². The Bertz CT molecular complexity index is 363. The lowest BCUT2D eigenvalue weighted by molar-refractivity contribution is -0.00545. The van der Waals surface area contributed by atoms with Crippen molar-refractivity contribution in [1.29, 1.82) is 0 Å². The van der Waals surface area contributed by atoms with Crippen LogP contribution in [0.15, 0.2) is 24.3 Å². The molecule has 0 aromatic heterocycles. The molecule has 0 saturated heterocycles. The zero-order valence-electron chi connectivity index (χ0n) is 11.2. The van der Waals surface area contributed by atoms with E-state index in [-0.39, 0.29) is 5.78 Å². The highest BCUT2D eigenvalue weighted by molar-refractivity contribution is 6.01. The number of ether oxygens (including phenoxy) is 1. The fourth-order valence-corrected chi connectivity index (χ4v) is 1.59. The maximum Gasteiger partial charge on any atom is 0.194 e. The average molecular weight is 234 g/mol. The summed E-state index contributed by atoms with van der Waals surface area (Å²) in [4.78, 5) is 12.2. The Labute approximate surface area is 104 Å². The van der Waals surface area contributed by atoms with Crippen molar-refractivity contribution in [3.05, 3.63) is 35.4 Å². The summed E-state index contributed by atoms with van der Waals surface area (Å²) in [6.07, 6.45) is 2.07. The third-order valence-corrected chi connectivity index (χ3v) is 2.82. The smallest absolute Gasteiger partial charge is 0.194 e. The molecule has 0 amide bonds. The first-order chi connectivity index (χ1) is 7.97. The predicted molar refractivity (Wildman–Crippen MR) is 70.4 cm³/mol. The molecule has 1 aromatic rings. The largest absolute Gasteiger partial charge is 0.367 e. The van der Waals surface area contributed by atoms with Crippen LogP contribution in [0, 0.1) is 6.92 Å². The quantitative estimate of drug-likeness (QED) is 0.553. The van der Waals surface area contributed by atoms with E-state index in [0.717, 1.165) is 24.0 Å². The fourth-order valence-electron chi connectivity index (χ4n) is 1.59. The molecule has 0 aliphatic rings. The molecular formula is C15H22O2. The molecule has 1 rings (SSSR count). The van der Waals surface area contributed by atoms with Crippen LogP contribution in [0.5, 0.6) is 0 Å². The van der Waals surface area contributed by atoms with Gasteiger partial charge in [-0.2, -0.15) is 0 Å². The van der Waals surface area contributed by atoms with Gasteiger partial charge in [0, 0.05) is 12.2 Å². The molecule has 0 unspecified atom stereocenters. The van der Waals surface area contributed by atoms with Crippen molar-refractivity contribution in [3.63, 3.8) is 0 Å². The van der Waals surface area contributed by atoms with Crippen molar-refractivity contribution in [3.8, 4) is 0 Å². The van der Waals surface area contributed by atoms with E-state index in [4.69, 9.17) is 4.74 Å². The number of Topliss-reactive ketones (excluding diaryl/α,β-unsaturated/α-hetero) is 1. The first kappa shape index (κ1) is 13.9. The summed E-state index contributed by atoms with van der Waals surface area (Å²) in [6.45, 7) is 8.44. The number of unbranched alkanes of at least 4 members (excludes halogenated alkanes) is 1. The van der Waals surface area contributed by atoms with Crippen molar-refractivity contribution in [2.45, 2.75) is 46.1 Å². The van der Waals surface area contributed by atoms with E-state index in [1.165, 1.54) is 0 Å². The zero-order chi connectivity index (χ0) is 12.9. The van der Waals surface area contributed by atoms with Crippen molar-refractivity contribution in [2.24, 2.45) is 0 Å². The lowest BCUT2D eigenvalue weighted by Gasteiger charge is -2.23. The van der Waals surface area contributed by atoms with Crippen LogP contribution in [-0.2, 0) is 4.74 Å². The lowest BCUT2D eigenvalue weighted by atomic mass is 9.96. The van der Waals surface area contributed by atoms with Gasteiger partial charge in [0.15, 0.2) is 5.78 Å². The summed E-state index contributed by atoms with van der Waals surface area (Å²) < 4.78 is 5.67. The predicted octanol–water partition coefficient (Wildman–Crippen LogP) is 3.77. The van der Waals surface area contributed by atoms with E-state index >= 15 is 0 Å².